The third kappa shape index (κ3) is 2.03. The largest absolute Gasteiger partial charge is 0.342 e. The molecule has 0 spiro atoms. The summed E-state index contributed by atoms with van der Waals surface area (Å²) in [7, 11) is 0. The first-order chi connectivity index (χ1) is 8.63. The topological polar surface area (TPSA) is 50.2 Å². The first-order valence-corrected chi connectivity index (χ1v) is 6.69. The molecule has 0 aromatic carbocycles. The van der Waals surface area contributed by atoms with E-state index in [0.717, 1.165) is 12.1 Å². The second-order valence-corrected chi connectivity index (χ2v) is 5.65. The number of piperidine rings is 3. The third-order valence-corrected chi connectivity index (χ3v) is 4.28. The van der Waals surface area contributed by atoms with Gasteiger partial charge in [-0.1, -0.05) is 0 Å². The van der Waals surface area contributed by atoms with Crippen LogP contribution in [0.15, 0.2) is 12.4 Å². The Bertz CT molecular complexity index is 456. The molecule has 4 rings (SSSR count). The van der Waals surface area contributed by atoms with E-state index in [4.69, 9.17) is 0 Å². The van der Waals surface area contributed by atoms with Crippen molar-refractivity contribution in [3.63, 3.8) is 0 Å². The molecule has 4 atom stereocenters. The Morgan fingerprint density at radius 1 is 1.56 bits per heavy atom. The smallest absolute Gasteiger partial charge is 0.332 e. The molecule has 3 unspecified atom stereocenters. The van der Waals surface area contributed by atoms with Crippen molar-refractivity contribution >= 4 is 6.03 Å². The number of aromatic nitrogens is 2. The molecule has 3 saturated heterocycles. The molecule has 0 aliphatic carbocycles. The molecule has 1 N–H and O–H groups in total. The van der Waals surface area contributed by atoms with Crippen LogP contribution in [0.1, 0.15) is 25.3 Å². The zero-order chi connectivity index (χ0) is 12.7. The van der Waals surface area contributed by atoms with Gasteiger partial charge in [0.05, 0.1) is 6.20 Å². The van der Waals surface area contributed by atoms with Gasteiger partial charge in [0.15, 0.2) is 0 Å². The van der Waals surface area contributed by atoms with Gasteiger partial charge in [0, 0.05) is 24.8 Å². The third-order valence-electron chi connectivity index (χ3n) is 4.28. The summed E-state index contributed by atoms with van der Waals surface area (Å²) < 4.78 is 1.40. The van der Waals surface area contributed by atoms with Crippen molar-refractivity contribution in [2.24, 2.45) is 5.92 Å². The lowest BCUT2D eigenvalue weighted by Gasteiger charge is -2.48. The summed E-state index contributed by atoms with van der Waals surface area (Å²) >= 11 is 0. The van der Waals surface area contributed by atoms with Crippen LogP contribution in [0.25, 0.3) is 0 Å². The molecule has 5 heteroatoms. The van der Waals surface area contributed by atoms with E-state index in [1.165, 1.54) is 24.1 Å². The van der Waals surface area contributed by atoms with E-state index in [0.29, 0.717) is 12.0 Å². The second-order valence-electron chi connectivity index (χ2n) is 5.65. The summed E-state index contributed by atoms with van der Waals surface area (Å²) in [6, 6.07) is 0.852. The number of nitrogens with zero attached hydrogens (tertiary/aromatic N) is 3. The molecule has 3 aliphatic rings. The van der Waals surface area contributed by atoms with E-state index in [1.54, 1.807) is 12.4 Å². The van der Waals surface area contributed by atoms with Gasteiger partial charge in [0.25, 0.3) is 0 Å². The minimum absolute atomic E-state index is 0.102. The Hall–Kier alpha value is -1.36. The number of aryl methyl sites for hydroxylation is 1. The highest BCUT2D eigenvalue weighted by Gasteiger charge is 2.38. The van der Waals surface area contributed by atoms with Gasteiger partial charge in [-0.05, 0) is 44.7 Å². The number of amides is 1. The fraction of sp³-hybridized carbons (Fsp3) is 0.692. The van der Waals surface area contributed by atoms with E-state index in [-0.39, 0.29) is 12.1 Å². The lowest BCUT2D eigenvalue weighted by Crippen LogP contribution is -2.60. The first-order valence-electron chi connectivity index (χ1n) is 6.69. The monoisotopic (exact) mass is 248 g/mol. The Morgan fingerprint density at radius 2 is 2.39 bits per heavy atom. The minimum atomic E-state index is -0.102. The van der Waals surface area contributed by atoms with Crippen LogP contribution >= 0.6 is 0 Å². The number of nitrogens with one attached hydrogen (secondary N) is 1. The lowest BCUT2D eigenvalue weighted by atomic mass is 9.80. The second kappa shape index (κ2) is 4.39. The van der Waals surface area contributed by atoms with E-state index in [9.17, 15) is 4.79 Å². The van der Waals surface area contributed by atoms with E-state index in [1.807, 2.05) is 6.92 Å². The number of hydrogen-bond acceptors (Lipinski definition) is 3. The zero-order valence-electron chi connectivity index (χ0n) is 11.0. The van der Waals surface area contributed by atoms with Gasteiger partial charge in [0.1, 0.15) is 0 Å². The van der Waals surface area contributed by atoms with Crippen LogP contribution in [0.4, 0.5) is 4.79 Å². The fourth-order valence-electron chi connectivity index (χ4n) is 3.21. The van der Waals surface area contributed by atoms with Crippen molar-refractivity contribution in [1.82, 2.24) is 20.0 Å². The molecular weight excluding hydrogens is 228 g/mol. The standard InChI is InChI=1S/C13H20N4O/c1-9-6-14-17(7-9)13(18)15-12-8-16-4-3-11(12)5-10(16)2/h6-7,10-12H,3-5,8H2,1-2H3,(H,15,18)/t10?,11?,12-/m0/s1. The van der Waals surface area contributed by atoms with Crippen LogP contribution in [0.5, 0.6) is 0 Å². The van der Waals surface area contributed by atoms with Gasteiger partial charge >= 0.3 is 6.03 Å². The Kier molecular flexibility index (Phi) is 2.86. The number of carbonyl (C=O) groups is 1. The highest BCUT2D eigenvalue weighted by Crippen LogP contribution is 2.31. The molecule has 4 heterocycles. The molecule has 1 aromatic heterocycles. The SMILES string of the molecule is Cc1cnn(C(=O)N[C@H]2CN3CCC2CC3C)c1. The predicted molar refractivity (Wildman–Crippen MR) is 68.4 cm³/mol. The number of fused-ring (bicyclic) bond motifs is 3. The molecule has 1 amide bonds. The molecule has 0 radical (unpaired) electrons. The highest BCUT2D eigenvalue weighted by atomic mass is 16.2. The molecule has 98 valence electrons. The number of hydrogen-bond donors (Lipinski definition) is 1. The average molecular weight is 248 g/mol. The lowest BCUT2D eigenvalue weighted by molar-refractivity contribution is 0.0321. The van der Waals surface area contributed by atoms with Crippen LogP contribution in [-0.4, -0.2) is 45.9 Å². The van der Waals surface area contributed by atoms with E-state index >= 15 is 0 Å². The summed E-state index contributed by atoms with van der Waals surface area (Å²) in [5.41, 5.74) is 1.01. The van der Waals surface area contributed by atoms with Crippen LogP contribution in [-0.2, 0) is 0 Å². The minimum Gasteiger partial charge on any atom is -0.332 e. The van der Waals surface area contributed by atoms with Crippen molar-refractivity contribution in [3.8, 4) is 0 Å². The number of rotatable bonds is 1. The van der Waals surface area contributed by atoms with E-state index < -0.39 is 0 Å². The summed E-state index contributed by atoms with van der Waals surface area (Å²) in [4.78, 5) is 14.5. The summed E-state index contributed by atoms with van der Waals surface area (Å²) in [5, 5.41) is 7.17. The van der Waals surface area contributed by atoms with Crippen molar-refractivity contribution in [1.29, 1.82) is 0 Å². The van der Waals surface area contributed by atoms with Crippen LogP contribution in [0, 0.1) is 12.8 Å². The molecular formula is C13H20N4O. The first kappa shape index (κ1) is 11.7. The predicted octanol–water partition coefficient (Wildman–Crippen LogP) is 1.23. The molecule has 3 aliphatic heterocycles. The maximum Gasteiger partial charge on any atom is 0.342 e. The number of carbonyl (C=O) groups excluding carboxylic acids is 1. The van der Waals surface area contributed by atoms with Crippen LogP contribution in [0.3, 0.4) is 0 Å². The normalized spacial score (nSPS) is 34.6. The Balaban J connectivity index is 1.65. The molecule has 18 heavy (non-hydrogen) atoms. The molecule has 3 fully saturated rings. The molecule has 1 aromatic rings. The Morgan fingerprint density at radius 3 is 2.94 bits per heavy atom. The quantitative estimate of drug-likeness (QED) is 0.813. The maximum absolute atomic E-state index is 12.1. The molecule has 5 nitrogen and oxygen atoms in total. The van der Waals surface area contributed by atoms with Gasteiger partial charge in [-0.3, -0.25) is 4.90 Å². The van der Waals surface area contributed by atoms with Gasteiger partial charge in [-0.25, -0.2) is 4.79 Å². The summed E-state index contributed by atoms with van der Waals surface area (Å²) in [6.45, 7) is 6.38. The Labute approximate surface area is 107 Å². The average Bonchev–Trinajstić information content (AvgIpc) is 2.77. The fourth-order valence-corrected chi connectivity index (χ4v) is 3.21. The van der Waals surface area contributed by atoms with Crippen LogP contribution in [0.2, 0.25) is 0 Å². The summed E-state index contributed by atoms with van der Waals surface area (Å²) in [5.74, 6) is 0.630. The van der Waals surface area contributed by atoms with Gasteiger partial charge in [-0.2, -0.15) is 9.78 Å². The van der Waals surface area contributed by atoms with Crippen LogP contribution < -0.4 is 5.32 Å². The van der Waals surface area contributed by atoms with Crippen molar-refractivity contribution < 1.29 is 4.79 Å². The van der Waals surface area contributed by atoms with E-state index in [2.05, 4.69) is 22.2 Å². The van der Waals surface area contributed by atoms with Gasteiger partial charge < -0.3 is 5.32 Å². The maximum atomic E-state index is 12.1. The zero-order valence-corrected chi connectivity index (χ0v) is 11.0. The van der Waals surface area contributed by atoms with Crippen molar-refractivity contribution in [2.75, 3.05) is 13.1 Å². The van der Waals surface area contributed by atoms with Gasteiger partial charge in [-0.15, -0.1) is 0 Å². The molecule has 0 saturated carbocycles. The van der Waals surface area contributed by atoms with Crippen molar-refractivity contribution in [3.05, 3.63) is 18.0 Å². The highest BCUT2D eigenvalue weighted by molar-refractivity contribution is 5.76. The van der Waals surface area contributed by atoms with Gasteiger partial charge in [0.2, 0.25) is 0 Å². The van der Waals surface area contributed by atoms with Crippen molar-refractivity contribution in [2.45, 2.75) is 38.8 Å². The molecule has 2 bridgehead atoms. The summed E-state index contributed by atoms with van der Waals surface area (Å²) in [6.07, 6.45) is 5.87.